The number of nitrogens with zero attached hydrogens (tertiary/aromatic N) is 1. The molecule has 0 aromatic heterocycles. The number of methoxy groups -OCH3 is 1. The molecule has 2 unspecified atom stereocenters. The van der Waals surface area contributed by atoms with Crippen LogP contribution < -0.4 is 4.74 Å². The van der Waals surface area contributed by atoms with Crippen molar-refractivity contribution in [2.45, 2.75) is 39.9 Å². The van der Waals surface area contributed by atoms with Gasteiger partial charge >= 0.3 is 0 Å². The molecule has 2 rings (SSSR count). The standard InChI is InChI=1S/C18H25NO3/c1-12-8-16(21-5)9-13(2)17(12)6-7-18(20)19-10-14(3)22-15(4)11-19/h6-9,14-15H,10-11H2,1-5H3/b7-6+. The first-order valence-corrected chi connectivity index (χ1v) is 7.68. The topological polar surface area (TPSA) is 38.8 Å². The number of benzene rings is 1. The summed E-state index contributed by atoms with van der Waals surface area (Å²) in [5.41, 5.74) is 3.28. The van der Waals surface area contributed by atoms with Gasteiger partial charge in [-0.1, -0.05) is 0 Å². The minimum absolute atomic E-state index is 0.0385. The van der Waals surface area contributed by atoms with Crippen LogP contribution in [0.5, 0.6) is 5.75 Å². The zero-order valence-electron chi connectivity index (χ0n) is 14.1. The number of morpholine rings is 1. The first-order chi connectivity index (χ1) is 10.4. The van der Waals surface area contributed by atoms with Crippen molar-refractivity contribution in [2.24, 2.45) is 0 Å². The van der Waals surface area contributed by atoms with E-state index in [2.05, 4.69) is 0 Å². The zero-order chi connectivity index (χ0) is 16.3. The molecule has 2 atom stereocenters. The number of amides is 1. The maximum absolute atomic E-state index is 12.4. The van der Waals surface area contributed by atoms with Crippen LogP contribution >= 0.6 is 0 Å². The average molecular weight is 303 g/mol. The predicted molar refractivity (Wildman–Crippen MR) is 88.1 cm³/mol. The molecule has 4 nitrogen and oxygen atoms in total. The maximum atomic E-state index is 12.4. The highest BCUT2D eigenvalue weighted by atomic mass is 16.5. The quantitative estimate of drug-likeness (QED) is 0.806. The third-order valence-corrected chi connectivity index (χ3v) is 3.93. The lowest BCUT2D eigenvalue weighted by atomic mass is 10.0. The average Bonchev–Trinajstić information content (AvgIpc) is 2.44. The Kier molecular flexibility index (Phi) is 5.24. The molecule has 0 aliphatic carbocycles. The van der Waals surface area contributed by atoms with Gasteiger partial charge in [-0.15, -0.1) is 0 Å². The highest BCUT2D eigenvalue weighted by molar-refractivity contribution is 5.92. The van der Waals surface area contributed by atoms with Crippen molar-refractivity contribution in [1.29, 1.82) is 0 Å². The van der Waals surface area contributed by atoms with Crippen molar-refractivity contribution < 1.29 is 14.3 Å². The largest absolute Gasteiger partial charge is 0.497 e. The Morgan fingerprint density at radius 3 is 2.27 bits per heavy atom. The van der Waals surface area contributed by atoms with Gasteiger partial charge in [-0.25, -0.2) is 0 Å². The summed E-state index contributed by atoms with van der Waals surface area (Å²) in [6, 6.07) is 3.96. The molecule has 0 bridgehead atoms. The molecule has 1 aliphatic rings. The molecule has 1 aromatic rings. The summed E-state index contributed by atoms with van der Waals surface area (Å²) in [6.07, 6.45) is 3.74. The van der Waals surface area contributed by atoms with E-state index in [-0.39, 0.29) is 18.1 Å². The lowest BCUT2D eigenvalue weighted by Crippen LogP contribution is -2.47. The number of ether oxygens (including phenoxy) is 2. The molecule has 1 amide bonds. The van der Waals surface area contributed by atoms with Crippen molar-refractivity contribution in [2.75, 3.05) is 20.2 Å². The molecular formula is C18H25NO3. The van der Waals surface area contributed by atoms with Gasteiger partial charge in [0.25, 0.3) is 0 Å². The Bertz CT molecular complexity index is 547. The van der Waals surface area contributed by atoms with E-state index in [1.807, 2.05) is 50.8 Å². The third-order valence-electron chi connectivity index (χ3n) is 3.93. The second-order valence-corrected chi connectivity index (χ2v) is 6.01. The fraction of sp³-hybridized carbons (Fsp3) is 0.500. The molecule has 1 fully saturated rings. The number of hydrogen-bond acceptors (Lipinski definition) is 3. The van der Waals surface area contributed by atoms with Crippen LogP contribution in [0, 0.1) is 13.8 Å². The molecule has 0 radical (unpaired) electrons. The summed E-state index contributed by atoms with van der Waals surface area (Å²) in [4.78, 5) is 14.2. The predicted octanol–water partition coefficient (Wildman–Crippen LogP) is 2.96. The van der Waals surface area contributed by atoms with Gasteiger partial charge < -0.3 is 14.4 Å². The Hall–Kier alpha value is -1.81. The summed E-state index contributed by atoms with van der Waals surface area (Å²) >= 11 is 0. The lowest BCUT2D eigenvalue weighted by Gasteiger charge is -2.34. The van der Waals surface area contributed by atoms with Gasteiger partial charge in [0.05, 0.1) is 19.3 Å². The second kappa shape index (κ2) is 6.97. The number of rotatable bonds is 3. The van der Waals surface area contributed by atoms with Crippen LogP contribution in [-0.2, 0) is 9.53 Å². The normalized spacial score (nSPS) is 22.1. The van der Waals surface area contributed by atoms with E-state index in [9.17, 15) is 4.79 Å². The molecule has 4 heteroatoms. The fourth-order valence-corrected chi connectivity index (χ4v) is 2.93. The third kappa shape index (κ3) is 3.89. The highest BCUT2D eigenvalue weighted by Crippen LogP contribution is 2.23. The van der Waals surface area contributed by atoms with E-state index in [0.717, 1.165) is 22.4 Å². The molecule has 22 heavy (non-hydrogen) atoms. The lowest BCUT2D eigenvalue weighted by molar-refractivity contribution is -0.137. The highest BCUT2D eigenvalue weighted by Gasteiger charge is 2.24. The monoisotopic (exact) mass is 303 g/mol. The van der Waals surface area contributed by atoms with Crippen LogP contribution in [0.15, 0.2) is 18.2 Å². The summed E-state index contributed by atoms with van der Waals surface area (Å²) in [5, 5.41) is 0. The van der Waals surface area contributed by atoms with Crippen molar-refractivity contribution >= 4 is 12.0 Å². The number of aryl methyl sites for hydroxylation is 2. The van der Waals surface area contributed by atoms with Crippen molar-refractivity contribution in [3.63, 3.8) is 0 Å². The van der Waals surface area contributed by atoms with E-state index in [0.29, 0.717) is 13.1 Å². The van der Waals surface area contributed by atoms with E-state index < -0.39 is 0 Å². The Labute approximate surface area is 132 Å². The number of hydrogen-bond donors (Lipinski definition) is 0. The van der Waals surface area contributed by atoms with Gasteiger partial charge in [-0.3, -0.25) is 4.79 Å². The molecule has 0 saturated carbocycles. The molecular weight excluding hydrogens is 278 g/mol. The smallest absolute Gasteiger partial charge is 0.246 e. The first-order valence-electron chi connectivity index (χ1n) is 7.68. The van der Waals surface area contributed by atoms with Gasteiger partial charge in [0.2, 0.25) is 5.91 Å². The zero-order valence-corrected chi connectivity index (χ0v) is 14.1. The van der Waals surface area contributed by atoms with Crippen LogP contribution in [0.4, 0.5) is 0 Å². The second-order valence-electron chi connectivity index (χ2n) is 6.01. The number of carbonyl (C=O) groups is 1. The van der Waals surface area contributed by atoms with E-state index >= 15 is 0 Å². The van der Waals surface area contributed by atoms with Gasteiger partial charge in [-0.2, -0.15) is 0 Å². The van der Waals surface area contributed by atoms with Gasteiger partial charge in [0.15, 0.2) is 0 Å². The SMILES string of the molecule is COc1cc(C)c(/C=C/C(=O)N2CC(C)OC(C)C2)c(C)c1. The Morgan fingerprint density at radius 2 is 1.77 bits per heavy atom. The summed E-state index contributed by atoms with van der Waals surface area (Å²) in [5.74, 6) is 0.880. The van der Waals surface area contributed by atoms with Crippen LogP contribution in [0.2, 0.25) is 0 Å². The molecule has 120 valence electrons. The molecule has 1 aliphatic heterocycles. The van der Waals surface area contributed by atoms with E-state index in [1.54, 1.807) is 13.2 Å². The van der Waals surface area contributed by atoms with E-state index in [1.165, 1.54) is 0 Å². The summed E-state index contributed by atoms with van der Waals surface area (Å²) in [6.45, 7) is 9.34. The molecule has 1 aromatic carbocycles. The van der Waals surface area contributed by atoms with E-state index in [4.69, 9.17) is 9.47 Å². The summed E-state index contributed by atoms with van der Waals surface area (Å²) in [7, 11) is 1.66. The van der Waals surface area contributed by atoms with Crippen molar-refractivity contribution in [3.8, 4) is 5.75 Å². The molecule has 1 heterocycles. The molecule has 1 saturated heterocycles. The van der Waals surface area contributed by atoms with Crippen LogP contribution in [0.3, 0.4) is 0 Å². The van der Waals surface area contributed by atoms with Crippen molar-refractivity contribution in [1.82, 2.24) is 4.90 Å². The maximum Gasteiger partial charge on any atom is 0.246 e. The Balaban J connectivity index is 2.13. The van der Waals surface area contributed by atoms with Gasteiger partial charge in [-0.05, 0) is 62.6 Å². The van der Waals surface area contributed by atoms with Crippen LogP contribution in [0.25, 0.3) is 6.08 Å². The minimum Gasteiger partial charge on any atom is -0.497 e. The Morgan fingerprint density at radius 1 is 1.23 bits per heavy atom. The van der Waals surface area contributed by atoms with Crippen molar-refractivity contribution in [3.05, 3.63) is 34.9 Å². The fourth-order valence-electron chi connectivity index (χ4n) is 2.93. The minimum atomic E-state index is 0.0385. The van der Waals surface area contributed by atoms with Crippen LogP contribution in [-0.4, -0.2) is 43.2 Å². The molecule has 0 N–H and O–H groups in total. The number of carbonyl (C=O) groups excluding carboxylic acids is 1. The van der Waals surface area contributed by atoms with Gasteiger partial charge in [0.1, 0.15) is 5.75 Å². The van der Waals surface area contributed by atoms with Gasteiger partial charge in [0, 0.05) is 19.2 Å². The first kappa shape index (κ1) is 16.6. The van der Waals surface area contributed by atoms with Crippen LogP contribution in [0.1, 0.15) is 30.5 Å². The molecule has 0 spiro atoms. The summed E-state index contributed by atoms with van der Waals surface area (Å²) < 4.78 is 10.9.